The highest BCUT2D eigenvalue weighted by Gasteiger charge is 2.24. The molecule has 0 radical (unpaired) electrons. The van der Waals surface area contributed by atoms with Crippen LogP contribution in [0.15, 0.2) is 53.5 Å². The van der Waals surface area contributed by atoms with Crippen molar-refractivity contribution in [1.82, 2.24) is 4.90 Å². The number of aliphatic imine (C=N–C) groups is 1. The molecule has 0 aliphatic carbocycles. The van der Waals surface area contributed by atoms with Gasteiger partial charge in [0, 0.05) is 28.4 Å². The third kappa shape index (κ3) is 4.46. The molecule has 3 nitrogen and oxygen atoms in total. The Morgan fingerprint density at radius 1 is 1.20 bits per heavy atom. The summed E-state index contributed by atoms with van der Waals surface area (Å²) in [5, 5.41) is 2.05. The van der Waals surface area contributed by atoms with Gasteiger partial charge >= 0.3 is 0 Å². The number of hydrogen-bond donors (Lipinski definition) is 0. The minimum atomic E-state index is -0.0848. The van der Waals surface area contributed by atoms with Gasteiger partial charge in [0.15, 0.2) is 5.17 Å². The van der Waals surface area contributed by atoms with E-state index >= 15 is 0 Å². The number of thioether (sulfide) groups is 1. The van der Waals surface area contributed by atoms with Gasteiger partial charge < -0.3 is 0 Å². The first-order valence-corrected chi connectivity index (χ1v) is 9.50. The van der Waals surface area contributed by atoms with E-state index in [0.29, 0.717) is 21.8 Å². The maximum Gasteiger partial charge on any atom is 0.252 e. The summed E-state index contributed by atoms with van der Waals surface area (Å²) in [5.74, 6) is 0.747. The van der Waals surface area contributed by atoms with Crippen LogP contribution in [0, 0.1) is 6.92 Å². The number of carbonyl (C=O) groups is 1. The highest BCUT2D eigenvalue weighted by atomic mass is 35.5. The predicted molar refractivity (Wildman–Crippen MR) is 108 cm³/mol. The molecule has 0 saturated carbocycles. The lowest BCUT2D eigenvalue weighted by Crippen LogP contribution is -2.30. The highest BCUT2D eigenvalue weighted by Crippen LogP contribution is 2.29. The van der Waals surface area contributed by atoms with Gasteiger partial charge in [-0.25, -0.2) is 4.99 Å². The molecule has 3 rings (SSSR count). The summed E-state index contributed by atoms with van der Waals surface area (Å²) >= 11 is 13.6. The predicted octanol–water partition coefficient (Wildman–Crippen LogP) is 5.58. The lowest BCUT2D eigenvalue weighted by molar-refractivity contribution is -0.121. The van der Waals surface area contributed by atoms with Crippen molar-refractivity contribution in [3.8, 4) is 0 Å². The van der Waals surface area contributed by atoms with Gasteiger partial charge in [0.1, 0.15) is 0 Å². The third-order valence-electron chi connectivity index (χ3n) is 3.79. The number of hydrogen-bond acceptors (Lipinski definition) is 3. The summed E-state index contributed by atoms with van der Waals surface area (Å²) < 4.78 is 0. The Balaban J connectivity index is 1.78. The second kappa shape index (κ2) is 8.09. The Morgan fingerprint density at radius 2 is 1.96 bits per heavy atom. The van der Waals surface area contributed by atoms with Crippen molar-refractivity contribution in [2.45, 2.75) is 6.92 Å². The number of carbonyl (C=O) groups excluding carboxylic acids is 1. The van der Waals surface area contributed by atoms with Crippen LogP contribution in [-0.2, 0) is 4.79 Å². The van der Waals surface area contributed by atoms with Gasteiger partial charge in [-0.15, -0.1) is 0 Å². The van der Waals surface area contributed by atoms with E-state index in [0.717, 1.165) is 22.6 Å². The van der Waals surface area contributed by atoms with Crippen molar-refractivity contribution in [2.24, 2.45) is 4.99 Å². The van der Waals surface area contributed by atoms with E-state index in [9.17, 15) is 4.79 Å². The van der Waals surface area contributed by atoms with Gasteiger partial charge in [-0.05, 0) is 48.4 Å². The van der Waals surface area contributed by atoms with Crippen LogP contribution in [0.1, 0.15) is 11.1 Å². The zero-order valence-corrected chi connectivity index (χ0v) is 15.9. The van der Waals surface area contributed by atoms with Crippen molar-refractivity contribution in [3.63, 3.8) is 0 Å². The van der Waals surface area contributed by atoms with Crippen LogP contribution in [0.25, 0.3) is 6.08 Å². The van der Waals surface area contributed by atoms with Crippen LogP contribution < -0.4 is 0 Å². The molecule has 1 fully saturated rings. The summed E-state index contributed by atoms with van der Waals surface area (Å²) in [6.45, 7) is 2.57. The zero-order valence-electron chi connectivity index (χ0n) is 13.6. The molecule has 2 aromatic carbocycles. The molecule has 1 heterocycles. The molecule has 0 aromatic heterocycles. The number of rotatable bonds is 3. The number of amides is 1. The maximum atomic E-state index is 12.5. The molecule has 6 heteroatoms. The van der Waals surface area contributed by atoms with Crippen LogP contribution in [0.5, 0.6) is 0 Å². The highest BCUT2D eigenvalue weighted by molar-refractivity contribution is 8.14. The maximum absolute atomic E-state index is 12.5. The SMILES string of the molecule is Cc1c(Cl)cccc1N=C1SCCN1C(=O)/C=C/c1ccc(Cl)cc1. The van der Waals surface area contributed by atoms with E-state index in [1.807, 2.05) is 37.3 Å². The van der Waals surface area contributed by atoms with Crippen LogP contribution >= 0.6 is 35.0 Å². The summed E-state index contributed by atoms with van der Waals surface area (Å²) in [6.07, 6.45) is 3.35. The second-order valence-electron chi connectivity index (χ2n) is 5.50. The number of nitrogens with zero attached hydrogens (tertiary/aromatic N) is 2. The minimum absolute atomic E-state index is 0.0848. The fourth-order valence-corrected chi connectivity index (χ4v) is 3.60. The molecular weight excluding hydrogens is 375 g/mol. The molecule has 1 aliphatic rings. The first kappa shape index (κ1) is 18.1. The minimum Gasteiger partial charge on any atom is -0.287 e. The molecule has 0 bridgehead atoms. The monoisotopic (exact) mass is 390 g/mol. The molecule has 0 N–H and O–H groups in total. The summed E-state index contributed by atoms with van der Waals surface area (Å²) in [7, 11) is 0. The quantitative estimate of drug-likeness (QED) is 0.640. The van der Waals surface area contributed by atoms with Crippen molar-refractivity contribution in [3.05, 3.63) is 69.7 Å². The van der Waals surface area contributed by atoms with Crippen molar-refractivity contribution in [2.75, 3.05) is 12.3 Å². The van der Waals surface area contributed by atoms with Crippen LogP contribution in [0.2, 0.25) is 10.0 Å². The Morgan fingerprint density at radius 3 is 2.72 bits per heavy atom. The molecule has 128 valence electrons. The van der Waals surface area contributed by atoms with Gasteiger partial charge in [-0.2, -0.15) is 0 Å². The fraction of sp³-hybridized carbons (Fsp3) is 0.158. The molecular formula is C19H16Cl2N2OS. The molecule has 1 amide bonds. The Labute approximate surface area is 161 Å². The van der Waals surface area contributed by atoms with E-state index in [1.54, 1.807) is 40.9 Å². The number of halogens is 2. The fourth-order valence-electron chi connectivity index (χ4n) is 2.35. The van der Waals surface area contributed by atoms with Crippen molar-refractivity contribution >= 4 is 57.8 Å². The van der Waals surface area contributed by atoms with Gasteiger partial charge in [0.05, 0.1) is 5.69 Å². The van der Waals surface area contributed by atoms with Crippen LogP contribution in [-0.4, -0.2) is 28.3 Å². The number of benzene rings is 2. The summed E-state index contributed by atoms with van der Waals surface area (Å²) in [6, 6.07) is 12.9. The van der Waals surface area contributed by atoms with E-state index in [2.05, 4.69) is 4.99 Å². The normalized spacial score (nSPS) is 16.1. The zero-order chi connectivity index (χ0) is 17.8. The van der Waals surface area contributed by atoms with Crippen LogP contribution in [0.3, 0.4) is 0 Å². The molecule has 25 heavy (non-hydrogen) atoms. The third-order valence-corrected chi connectivity index (χ3v) is 5.40. The van der Waals surface area contributed by atoms with E-state index in [4.69, 9.17) is 23.2 Å². The molecule has 2 aromatic rings. The lowest BCUT2D eigenvalue weighted by atomic mass is 10.2. The number of amidine groups is 1. The molecule has 0 spiro atoms. The first-order chi connectivity index (χ1) is 12.0. The van der Waals surface area contributed by atoms with E-state index < -0.39 is 0 Å². The summed E-state index contributed by atoms with van der Waals surface area (Å²) in [5.41, 5.74) is 2.62. The Bertz CT molecular complexity index is 847. The van der Waals surface area contributed by atoms with E-state index in [1.165, 1.54) is 0 Å². The molecule has 0 atom stereocenters. The van der Waals surface area contributed by atoms with Gasteiger partial charge in [-0.1, -0.05) is 53.2 Å². The first-order valence-electron chi connectivity index (χ1n) is 7.76. The average Bonchev–Trinajstić information content (AvgIpc) is 3.06. The Kier molecular flexibility index (Phi) is 5.84. The lowest BCUT2D eigenvalue weighted by Gasteiger charge is -2.14. The van der Waals surface area contributed by atoms with E-state index in [-0.39, 0.29) is 5.91 Å². The van der Waals surface area contributed by atoms with Crippen LogP contribution in [0.4, 0.5) is 5.69 Å². The van der Waals surface area contributed by atoms with Gasteiger partial charge in [-0.3, -0.25) is 9.69 Å². The average molecular weight is 391 g/mol. The van der Waals surface area contributed by atoms with Gasteiger partial charge in [0.2, 0.25) is 0 Å². The standard InChI is InChI=1S/C19H16Cl2N2OS/c1-13-16(21)3-2-4-17(13)22-19-23(11-12-25-19)18(24)10-7-14-5-8-15(20)9-6-14/h2-10H,11-12H2,1H3/b10-7+,22-19?. The van der Waals surface area contributed by atoms with Crippen molar-refractivity contribution < 1.29 is 4.79 Å². The summed E-state index contributed by atoms with van der Waals surface area (Å²) in [4.78, 5) is 18.9. The molecule has 1 aliphatic heterocycles. The van der Waals surface area contributed by atoms with Gasteiger partial charge in [0.25, 0.3) is 5.91 Å². The second-order valence-corrected chi connectivity index (χ2v) is 7.41. The van der Waals surface area contributed by atoms with Crippen molar-refractivity contribution in [1.29, 1.82) is 0 Å². The molecule has 0 unspecified atom stereocenters. The largest absolute Gasteiger partial charge is 0.287 e. The Hall–Kier alpha value is -1.75. The topological polar surface area (TPSA) is 32.7 Å². The molecule has 1 saturated heterocycles. The smallest absolute Gasteiger partial charge is 0.252 e.